The molecule has 0 aliphatic heterocycles. The molecule has 0 aliphatic rings. The fraction of sp³-hybridized carbons (Fsp3) is 0.308. The van der Waals surface area contributed by atoms with E-state index in [1.165, 1.54) is 12.3 Å². The summed E-state index contributed by atoms with van der Waals surface area (Å²) < 4.78 is 18.7. The zero-order chi connectivity index (χ0) is 12.3. The van der Waals surface area contributed by atoms with E-state index in [2.05, 4.69) is 10.3 Å². The van der Waals surface area contributed by atoms with Crippen molar-refractivity contribution in [2.45, 2.75) is 19.9 Å². The van der Waals surface area contributed by atoms with Gasteiger partial charge >= 0.3 is 0 Å². The molecule has 1 N–H and O–H groups in total. The Morgan fingerprint density at radius 2 is 2.24 bits per heavy atom. The van der Waals surface area contributed by atoms with Gasteiger partial charge in [0.05, 0.1) is 12.2 Å². The van der Waals surface area contributed by atoms with E-state index in [1.807, 2.05) is 26.0 Å². The lowest BCUT2D eigenvalue weighted by Crippen LogP contribution is -2.21. The number of rotatable bonds is 4. The van der Waals surface area contributed by atoms with Crippen molar-refractivity contribution in [1.82, 2.24) is 10.3 Å². The number of halogens is 1. The van der Waals surface area contributed by atoms with E-state index in [0.717, 1.165) is 23.6 Å². The molecule has 0 spiro atoms. The molecule has 0 saturated carbocycles. The third-order valence-corrected chi connectivity index (χ3v) is 2.51. The second-order valence-electron chi connectivity index (χ2n) is 3.88. The fourth-order valence-electron chi connectivity index (χ4n) is 1.78. The highest BCUT2D eigenvalue weighted by molar-refractivity contribution is 5.25. The van der Waals surface area contributed by atoms with Gasteiger partial charge in [-0.25, -0.2) is 4.39 Å². The Hall–Kier alpha value is -1.68. The number of aryl methyl sites for hydroxylation is 1. The molecule has 2 aromatic heterocycles. The predicted molar refractivity (Wildman–Crippen MR) is 63.2 cm³/mol. The van der Waals surface area contributed by atoms with Crippen molar-refractivity contribution in [1.29, 1.82) is 0 Å². The first kappa shape index (κ1) is 11.8. The van der Waals surface area contributed by atoms with Crippen molar-refractivity contribution in [3.63, 3.8) is 0 Å². The van der Waals surface area contributed by atoms with Gasteiger partial charge in [-0.3, -0.25) is 4.98 Å². The first-order valence-electron chi connectivity index (χ1n) is 5.61. The van der Waals surface area contributed by atoms with Crippen LogP contribution in [0.4, 0.5) is 4.39 Å². The highest BCUT2D eigenvalue weighted by Gasteiger charge is 2.17. The van der Waals surface area contributed by atoms with E-state index in [0.29, 0.717) is 0 Å². The van der Waals surface area contributed by atoms with Crippen LogP contribution in [0.25, 0.3) is 0 Å². The van der Waals surface area contributed by atoms with E-state index in [1.54, 1.807) is 6.20 Å². The van der Waals surface area contributed by atoms with Crippen molar-refractivity contribution in [2.75, 3.05) is 6.54 Å². The standard InChI is InChI=1S/C13H15FN2O/c1-3-16-13(12-5-4-9(2)17-12)10-6-11(14)8-15-7-10/h4-8,13,16H,3H2,1-2H3. The molecule has 3 nitrogen and oxygen atoms in total. The monoisotopic (exact) mass is 234 g/mol. The lowest BCUT2D eigenvalue weighted by molar-refractivity contribution is 0.433. The average Bonchev–Trinajstić information content (AvgIpc) is 2.72. The van der Waals surface area contributed by atoms with Gasteiger partial charge in [0.15, 0.2) is 0 Å². The van der Waals surface area contributed by atoms with Crippen LogP contribution in [0.15, 0.2) is 35.0 Å². The Labute approximate surface area is 99.7 Å². The molecule has 1 atom stereocenters. The summed E-state index contributed by atoms with van der Waals surface area (Å²) in [6.07, 6.45) is 2.84. The number of furan rings is 1. The van der Waals surface area contributed by atoms with Crippen LogP contribution < -0.4 is 5.32 Å². The first-order chi connectivity index (χ1) is 8.20. The van der Waals surface area contributed by atoms with Gasteiger partial charge in [0, 0.05) is 6.20 Å². The highest BCUT2D eigenvalue weighted by atomic mass is 19.1. The number of aromatic nitrogens is 1. The molecule has 0 bridgehead atoms. The zero-order valence-corrected chi connectivity index (χ0v) is 9.90. The molecule has 2 aromatic rings. The van der Waals surface area contributed by atoms with Gasteiger partial charge in [-0.15, -0.1) is 0 Å². The lowest BCUT2D eigenvalue weighted by Gasteiger charge is -2.15. The van der Waals surface area contributed by atoms with Gasteiger partial charge in [0.2, 0.25) is 0 Å². The first-order valence-corrected chi connectivity index (χ1v) is 5.61. The second kappa shape index (κ2) is 5.10. The molecule has 4 heteroatoms. The van der Waals surface area contributed by atoms with Crippen LogP contribution >= 0.6 is 0 Å². The highest BCUT2D eigenvalue weighted by Crippen LogP contribution is 2.23. The van der Waals surface area contributed by atoms with Gasteiger partial charge in [-0.05, 0) is 37.2 Å². The van der Waals surface area contributed by atoms with Crippen LogP contribution in [0.2, 0.25) is 0 Å². The van der Waals surface area contributed by atoms with Gasteiger partial charge in [-0.2, -0.15) is 0 Å². The maximum Gasteiger partial charge on any atom is 0.141 e. The minimum Gasteiger partial charge on any atom is -0.464 e. The van der Waals surface area contributed by atoms with Gasteiger partial charge in [-0.1, -0.05) is 6.92 Å². The third-order valence-electron chi connectivity index (χ3n) is 2.51. The van der Waals surface area contributed by atoms with Crippen LogP contribution in [0, 0.1) is 12.7 Å². The van der Waals surface area contributed by atoms with Crippen molar-refractivity contribution in [2.24, 2.45) is 0 Å². The quantitative estimate of drug-likeness (QED) is 0.884. The summed E-state index contributed by atoms with van der Waals surface area (Å²) in [5.74, 6) is 1.28. The topological polar surface area (TPSA) is 38.1 Å². The molecule has 0 aromatic carbocycles. The zero-order valence-electron chi connectivity index (χ0n) is 9.90. The smallest absolute Gasteiger partial charge is 0.141 e. The normalized spacial score (nSPS) is 12.6. The van der Waals surface area contributed by atoms with Gasteiger partial charge in [0.1, 0.15) is 17.3 Å². The maximum absolute atomic E-state index is 13.2. The predicted octanol–water partition coefficient (Wildman–Crippen LogP) is 2.82. The summed E-state index contributed by atoms with van der Waals surface area (Å²) in [6, 6.07) is 5.11. The van der Waals surface area contributed by atoms with E-state index < -0.39 is 0 Å². The largest absolute Gasteiger partial charge is 0.464 e. The van der Waals surface area contributed by atoms with Crippen molar-refractivity contribution >= 4 is 0 Å². The third kappa shape index (κ3) is 2.71. The van der Waals surface area contributed by atoms with E-state index >= 15 is 0 Å². The van der Waals surface area contributed by atoms with Crippen LogP contribution in [0.1, 0.15) is 30.0 Å². The summed E-state index contributed by atoms with van der Waals surface area (Å²) in [5.41, 5.74) is 0.765. The molecule has 1 unspecified atom stereocenters. The molecular formula is C13H15FN2O. The summed E-state index contributed by atoms with van der Waals surface area (Å²) in [6.45, 7) is 4.65. The molecule has 0 amide bonds. The molecule has 90 valence electrons. The molecule has 0 aliphatic carbocycles. The van der Waals surface area contributed by atoms with E-state index in [-0.39, 0.29) is 11.9 Å². The Morgan fingerprint density at radius 3 is 2.82 bits per heavy atom. The van der Waals surface area contributed by atoms with Crippen LogP contribution in [-0.2, 0) is 0 Å². The fourth-order valence-corrected chi connectivity index (χ4v) is 1.78. The van der Waals surface area contributed by atoms with E-state index in [9.17, 15) is 4.39 Å². The van der Waals surface area contributed by atoms with Crippen molar-refractivity contribution < 1.29 is 8.81 Å². The Balaban J connectivity index is 2.35. The van der Waals surface area contributed by atoms with Crippen LogP contribution in [-0.4, -0.2) is 11.5 Å². The molecule has 0 radical (unpaired) electrons. The number of pyridine rings is 1. The number of nitrogens with zero attached hydrogens (tertiary/aromatic N) is 1. The maximum atomic E-state index is 13.2. The molecule has 17 heavy (non-hydrogen) atoms. The minimum atomic E-state index is -0.339. The Kier molecular flexibility index (Phi) is 3.54. The number of nitrogens with one attached hydrogen (secondary N) is 1. The van der Waals surface area contributed by atoms with E-state index in [4.69, 9.17) is 4.42 Å². The van der Waals surface area contributed by atoms with Crippen molar-refractivity contribution in [3.05, 3.63) is 53.5 Å². The lowest BCUT2D eigenvalue weighted by atomic mass is 10.1. The molecule has 2 rings (SSSR count). The Morgan fingerprint density at radius 1 is 1.41 bits per heavy atom. The Bertz CT molecular complexity index is 496. The molecule has 2 heterocycles. The second-order valence-corrected chi connectivity index (χ2v) is 3.88. The average molecular weight is 234 g/mol. The summed E-state index contributed by atoms with van der Waals surface area (Å²) in [7, 11) is 0. The molecular weight excluding hydrogens is 219 g/mol. The van der Waals surface area contributed by atoms with Crippen molar-refractivity contribution in [3.8, 4) is 0 Å². The SMILES string of the molecule is CCNC(c1cncc(F)c1)c1ccc(C)o1. The molecule has 0 fully saturated rings. The summed E-state index contributed by atoms with van der Waals surface area (Å²) in [5, 5.41) is 3.26. The molecule has 0 saturated heterocycles. The number of hydrogen-bond acceptors (Lipinski definition) is 3. The van der Waals surface area contributed by atoms with Gasteiger partial charge < -0.3 is 9.73 Å². The van der Waals surface area contributed by atoms with Crippen LogP contribution in [0.3, 0.4) is 0 Å². The minimum absolute atomic E-state index is 0.156. The van der Waals surface area contributed by atoms with Gasteiger partial charge in [0.25, 0.3) is 0 Å². The summed E-state index contributed by atoms with van der Waals surface area (Å²) in [4.78, 5) is 3.86. The number of hydrogen-bond donors (Lipinski definition) is 1. The van der Waals surface area contributed by atoms with Crippen LogP contribution in [0.5, 0.6) is 0 Å². The summed E-state index contributed by atoms with van der Waals surface area (Å²) >= 11 is 0.